The first-order valence-electron chi connectivity index (χ1n) is 10.4. The Hall–Kier alpha value is -3.36. The van der Waals surface area contributed by atoms with Crippen LogP contribution in [0, 0.1) is 19.7 Å². The van der Waals surface area contributed by atoms with Gasteiger partial charge < -0.3 is 5.11 Å². The summed E-state index contributed by atoms with van der Waals surface area (Å²) >= 11 is 4.73. The fourth-order valence-corrected chi connectivity index (χ4v) is 5.65. The van der Waals surface area contributed by atoms with Crippen LogP contribution < -0.4 is 4.90 Å². The molecule has 1 aliphatic rings. The van der Waals surface area contributed by atoms with Crippen molar-refractivity contribution in [1.82, 2.24) is 4.98 Å². The Kier molecular flexibility index (Phi) is 5.58. The molecule has 4 aromatic rings. The topological polar surface area (TPSA) is 70.5 Å². The molecule has 2 heterocycles. The number of carbonyl (C=O) groups is 2. The van der Waals surface area contributed by atoms with Crippen molar-refractivity contribution in [2.24, 2.45) is 0 Å². The van der Waals surface area contributed by atoms with Gasteiger partial charge in [0.15, 0.2) is 5.13 Å². The number of aryl methyl sites for hydroxylation is 2. The molecule has 1 N–H and O–H groups in total. The van der Waals surface area contributed by atoms with E-state index in [2.05, 4.69) is 15.9 Å². The highest BCUT2D eigenvalue weighted by molar-refractivity contribution is 9.10. The molecule has 0 saturated carbocycles. The number of aromatic nitrogens is 1. The van der Waals surface area contributed by atoms with Crippen molar-refractivity contribution >= 4 is 60.1 Å². The molecular formula is C26H18BrFN2O3S. The van der Waals surface area contributed by atoms with Gasteiger partial charge in [-0.3, -0.25) is 14.5 Å². The highest BCUT2D eigenvalue weighted by atomic mass is 79.9. The number of rotatable bonds is 3. The molecule has 5 rings (SSSR count). The van der Waals surface area contributed by atoms with Gasteiger partial charge in [0.25, 0.3) is 5.78 Å². The van der Waals surface area contributed by atoms with E-state index in [1.165, 1.54) is 40.5 Å². The number of carbonyl (C=O) groups excluding carboxylic acids is 2. The molecule has 3 aromatic carbocycles. The molecule has 0 spiro atoms. The number of fused-ring (bicyclic) bond motifs is 1. The van der Waals surface area contributed by atoms with Gasteiger partial charge >= 0.3 is 5.91 Å². The minimum atomic E-state index is -0.889. The molecule has 1 fully saturated rings. The summed E-state index contributed by atoms with van der Waals surface area (Å²) < 4.78 is 15.2. The molecule has 1 amide bonds. The lowest BCUT2D eigenvalue weighted by molar-refractivity contribution is -0.132. The average Bonchev–Trinajstić information content (AvgIpc) is 3.33. The lowest BCUT2D eigenvalue weighted by atomic mass is 9.95. The van der Waals surface area contributed by atoms with Crippen molar-refractivity contribution in [3.63, 3.8) is 0 Å². The molecule has 1 atom stereocenters. The van der Waals surface area contributed by atoms with E-state index in [0.29, 0.717) is 10.7 Å². The number of benzene rings is 3. The van der Waals surface area contributed by atoms with E-state index in [4.69, 9.17) is 4.98 Å². The lowest BCUT2D eigenvalue weighted by Crippen LogP contribution is -2.29. The number of nitrogens with zero attached hydrogens (tertiary/aromatic N) is 2. The van der Waals surface area contributed by atoms with E-state index in [-0.39, 0.29) is 16.9 Å². The largest absolute Gasteiger partial charge is 0.507 e. The zero-order chi connectivity index (χ0) is 24.1. The number of ketones is 1. The van der Waals surface area contributed by atoms with Crippen molar-refractivity contribution in [3.05, 3.63) is 98.8 Å². The van der Waals surface area contributed by atoms with Crippen LogP contribution in [-0.4, -0.2) is 21.8 Å². The van der Waals surface area contributed by atoms with Gasteiger partial charge in [0.2, 0.25) is 0 Å². The third-order valence-electron chi connectivity index (χ3n) is 5.77. The number of aliphatic hydroxyl groups is 1. The zero-order valence-corrected chi connectivity index (χ0v) is 20.6. The van der Waals surface area contributed by atoms with Gasteiger partial charge in [-0.1, -0.05) is 45.5 Å². The molecule has 5 nitrogen and oxygen atoms in total. The van der Waals surface area contributed by atoms with Crippen molar-refractivity contribution in [2.75, 3.05) is 4.90 Å². The Morgan fingerprint density at radius 1 is 1.06 bits per heavy atom. The van der Waals surface area contributed by atoms with E-state index in [9.17, 15) is 19.1 Å². The fraction of sp³-hybridized carbons (Fsp3) is 0.115. The summed E-state index contributed by atoms with van der Waals surface area (Å²) in [7, 11) is 0. The Labute approximate surface area is 207 Å². The van der Waals surface area contributed by atoms with Crippen LogP contribution >= 0.6 is 27.3 Å². The third kappa shape index (κ3) is 3.73. The fourth-order valence-electron chi connectivity index (χ4n) is 4.22. The standard InChI is InChI=1S/C26H18BrFN2O3S/c1-13-11-14(2)21-19(12-13)34-26(29-21)30-22(15-3-7-17(27)8-4-15)20(24(32)25(30)33)23(31)16-5-9-18(28)10-6-16/h3-12,22,31H,1-2H3/t22-/m1/s1. The van der Waals surface area contributed by atoms with Crippen LogP contribution in [0.4, 0.5) is 9.52 Å². The minimum absolute atomic E-state index is 0.0638. The number of aliphatic hydroxyl groups excluding tert-OH is 1. The van der Waals surface area contributed by atoms with Crippen LogP contribution in [0.15, 0.2) is 70.7 Å². The Bertz CT molecular complexity index is 1490. The molecule has 1 saturated heterocycles. The number of halogens is 2. The van der Waals surface area contributed by atoms with Gasteiger partial charge in [-0.2, -0.15) is 0 Å². The maximum absolute atomic E-state index is 13.5. The highest BCUT2D eigenvalue weighted by Crippen LogP contribution is 2.44. The van der Waals surface area contributed by atoms with Crippen molar-refractivity contribution in [2.45, 2.75) is 19.9 Å². The monoisotopic (exact) mass is 536 g/mol. The summed E-state index contributed by atoms with van der Waals surface area (Å²) in [6, 6.07) is 15.4. The van der Waals surface area contributed by atoms with Gasteiger partial charge in [-0.05, 0) is 73.0 Å². The molecule has 170 valence electrons. The predicted molar refractivity (Wildman–Crippen MR) is 134 cm³/mol. The quantitative estimate of drug-likeness (QED) is 0.186. The SMILES string of the molecule is Cc1cc(C)c2nc(N3C(=O)C(=O)C(=C(O)c4ccc(F)cc4)[C@H]3c3ccc(Br)cc3)sc2c1. The van der Waals surface area contributed by atoms with Crippen LogP contribution in [-0.2, 0) is 9.59 Å². The van der Waals surface area contributed by atoms with E-state index >= 15 is 0 Å². The molecule has 0 aliphatic carbocycles. The maximum Gasteiger partial charge on any atom is 0.301 e. The van der Waals surface area contributed by atoms with Crippen molar-refractivity contribution in [1.29, 1.82) is 0 Å². The van der Waals surface area contributed by atoms with Crippen LogP contribution in [0.5, 0.6) is 0 Å². The van der Waals surface area contributed by atoms with Gasteiger partial charge in [0.1, 0.15) is 11.6 Å². The summed E-state index contributed by atoms with van der Waals surface area (Å²) in [4.78, 5) is 32.6. The summed E-state index contributed by atoms with van der Waals surface area (Å²) in [6.45, 7) is 3.94. The number of anilines is 1. The molecular weight excluding hydrogens is 519 g/mol. The van der Waals surface area contributed by atoms with E-state index in [1.807, 2.05) is 26.0 Å². The Balaban J connectivity index is 1.74. The normalized spacial score (nSPS) is 17.6. The summed E-state index contributed by atoms with van der Waals surface area (Å²) in [5.74, 6) is -2.42. The second-order valence-electron chi connectivity index (χ2n) is 8.15. The maximum atomic E-state index is 13.5. The number of Topliss-reactive ketones (excluding diaryl/α,β-unsaturated/α-hetero) is 1. The minimum Gasteiger partial charge on any atom is -0.507 e. The van der Waals surface area contributed by atoms with Gasteiger partial charge in [0, 0.05) is 10.0 Å². The molecule has 1 aliphatic heterocycles. The second kappa shape index (κ2) is 8.45. The van der Waals surface area contributed by atoms with Gasteiger partial charge in [-0.25, -0.2) is 9.37 Å². The number of amides is 1. The summed E-state index contributed by atoms with van der Waals surface area (Å²) in [6.07, 6.45) is 0. The molecule has 8 heteroatoms. The highest BCUT2D eigenvalue weighted by Gasteiger charge is 2.48. The molecule has 0 radical (unpaired) electrons. The summed E-state index contributed by atoms with van der Waals surface area (Å²) in [5, 5.41) is 11.5. The molecule has 34 heavy (non-hydrogen) atoms. The third-order valence-corrected chi connectivity index (χ3v) is 7.30. The predicted octanol–water partition coefficient (Wildman–Crippen LogP) is 6.44. The average molecular weight is 537 g/mol. The van der Waals surface area contributed by atoms with Crippen LogP contribution in [0.3, 0.4) is 0 Å². The van der Waals surface area contributed by atoms with E-state index in [1.54, 1.807) is 24.3 Å². The number of hydrogen-bond donors (Lipinski definition) is 1. The Morgan fingerprint density at radius 3 is 2.41 bits per heavy atom. The summed E-state index contributed by atoms with van der Waals surface area (Å²) in [5.41, 5.74) is 3.63. The smallest absolute Gasteiger partial charge is 0.301 e. The lowest BCUT2D eigenvalue weighted by Gasteiger charge is -2.23. The first-order valence-corrected chi connectivity index (χ1v) is 12.1. The first-order chi connectivity index (χ1) is 16.2. The number of thiazole rings is 1. The van der Waals surface area contributed by atoms with Gasteiger partial charge in [0.05, 0.1) is 21.8 Å². The zero-order valence-electron chi connectivity index (χ0n) is 18.2. The van der Waals surface area contributed by atoms with Crippen LogP contribution in [0.2, 0.25) is 0 Å². The first kappa shape index (κ1) is 22.4. The van der Waals surface area contributed by atoms with Crippen LogP contribution in [0.1, 0.15) is 28.3 Å². The van der Waals surface area contributed by atoms with E-state index in [0.717, 1.165) is 25.8 Å². The van der Waals surface area contributed by atoms with Gasteiger partial charge in [-0.15, -0.1) is 0 Å². The Morgan fingerprint density at radius 2 is 1.74 bits per heavy atom. The molecule has 0 unspecified atom stereocenters. The molecule has 0 bridgehead atoms. The molecule has 1 aromatic heterocycles. The van der Waals surface area contributed by atoms with E-state index < -0.39 is 23.5 Å². The van der Waals surface area contributed by atoms with Crippen molar-refractivity contribution < 1.29 is 19.1 Å². The number of hydrogen-bond acceptors (Lipinski definition) is 5. The van der Waals surface area contributed by atoms with Crippen molar-refractivity contribution in [3.8, 4) is 0 Å². The van der Waals surface area contributed by atoms with Crippen LogP contribution in [0.25, 0.3) is 16.0 Å². The second-order valence-corrected chi connectivity index (χ2v) is 10.1.